The third-order valence-corrected chi connectivity index (χ3v) is 9.10. The van der Waals surface area contributed by atoms with Gasteiger partial charge in [-0.15, -0.1) is 0 Å². The Hall–Kier alpha value is -4.93. The van der Waals surface area contributed by atoms with E-state index >= 15 is 0 Å². The molecule has 7 rings (SSSR count). The minimum atomic E-state index is -0.631. The summed E-state index contributed by atoms with van der Waals surface area (Å²) in [5, 5.41) is 13.9. The Bertz CT molecular complexity index is 1930. The highest BCUT2D eigenvalue weighted by molar-refractivity contribution is 6.05. The van der Waals surface area contributed by atoms with Crippen molar-refractivity contribution in [2.24, 2.45) is 0 Å². The first kappa shape index (κ1) is 29.8. The molecule has 0 bridgehead atoms. The summed E-state index contributed by atoms with van der Waals surface area (Å²) >= 11 is 0. The Morgan fingerprint density at radius 1 is 0.957 bits per heavy atom. The fourth-order valence-corrected chi connectivity index (χ4v) is 6.23. The molecule has 3 aromatic heterocycles. The van der Waals surface area contributed by atoms with Gasteiger partial charge in [0.1, 0.15) is 17.3 Å². The molecule has 10 heteroatoms. The summed E-state index contributed by atoms with van der Waals surface area (Å²) in [5.74, 6) is -0.636. The number of carbonyl (C=O) groups is 2. The summed E-state index contributed by atoms with van der Waals surface area (Å²) in [6.07, 6.45) is 5.30. The van der Waals surface area contributed by atoms with E-state index in [9.17, 15) is 19.1 Å². The number of aliphatic hydroxyl groups excluding tert-OH is 1. The highest BCUT2D eigenvalue weighted by atomic mass is 19.1. The van der Waals surface area contributed by atoms with E-state index in [4.69, 9.17) is 0 Å². The van der Waals surface area contributed by atoms with E-state index in [0.29, 0.717) is 28.3 Å². The number of aromatic amines is 1. The van der Waals surface area contributed by atoms with Crippen LogP contribution in [0.2, 0.25) is 0 Å². The Balaban J connectivity index is 1.14. The number of pyridine rings is 2. The van der Waals surface area contributed by atoms with E-state index < -0.39 is 18.3 Å². The van der Waals surface area contributed by atoms with Crippen molar-refractivity contribution in [1.82, 2.24) is 24.8 Å². The zero-order valence-electron chi connectivity index (χ0n) is 25.6. The molecule has 1 saturated carbocycles. The minimum Gasteiger partial charge on any atom is -0.392 e. The fraction of sp³-hybridized carbons (Fsp3) is 0.278. The summed E-state index contributed by atoms with van der Waals surface area (Å²) in [5.41, 5.74) is 5.71. The van der Waals surface area contributed by atoms with Gasteiger partial charge in [-0.1, -0.05) is 25.1 Å². The van der Waals surface area contributed by atoms with Gasteiger partial charge >= 0.3 is 0 Å². The molecule has 0 atom stereocenters. The number of benzene rings is 2. The maximum absolute atomic E-state index is 14.8. The third-order valence-electron chi connectivity index (χ3n) is 9.10. The molecule has 2 amide bonds. The maximum Gasteiger partial charge on any atom is 0.259 e. The predicted octanol–water partition coefficient (Wildman–Crippen LogP) is 5.83. The smallest absolute Gasteiger partial charge is 0.259 e. The molecule has 234 valence electrons. The Kier molecular flexibility index (Phi) is 8.06. The number of carbonyl (C=O) groups excluding carboxylic acids is 2. The second-order valence-corrected chi connectivity index (χ2v) is 11.9. The maximum atomic E-state index is 14.8. The number of piperazine rings is 1. The highest BCUT2D eigenvalue weighted by Gasteiger charge is 2.26. The monoisotopic (exact) mass is 618 g/mol. The topological polar surface area (TPSA) is 114 Å². The van der Waals surface area contributed by atoms with Crippen LogP contribution in [0, 0.1) is 5.82 Å². The van der Waals surface area contributed by atoms with E-state index in [1.54, 1.807) is 24.5 Å². The molecular weight excluding hydrogens is 583 g/mol. The van der Waals surface area contributed by atoms with Crippen molar-refractivity contribution >= 4 is 28.7 Å². The number of H-pyrrole nitrogens is 1. The number of amides is 2. The van der Waals surface area contributed by atoms with Gasteiger partial charge < -0.3 is 25.2 Å². The molecule has 5 aromatic rings. The third kappa shape index (κ3) is 5.77. The van der Waals surface area contributed by atoms with Gasteiger partial charge in [0.25, 0.3) is 11.8 Å². The van der Waals surface area contributed by atoms with Gasteiger partial charge in [0.05, 0.1) is 12.2 Å². The molecular formula is C36H35FN6O3. The van der Waals surface area contributed by atoms with Crippen LogP contribution in [-0.4, -0.2) is 74.4 Å². The van der Waals surface area contributed by atoms with Gasteiger partial charge in [-0.3, -0.25) is 9.59 Å². The van der Waals surface area contributed by atoms with Crippen molar-refractivity contribution in [3.05, 3.63) is 101 Å². The second kappa shape index (κ2) is 12.5. The van der Waals surface area contributed by atoms with Crippen LogP contribution in [0.4, 0.5) is 10.2 Å². The van der Waals surface area contributed by atoms with Crippen LogP contribution < -0.4 is 5.32 Å². The van der Waals surface area contributed by atoms with Crippen molar-refractivity contribution in [2.75, 3.05) is 38.0 Å². The number of fused-ring (bicyclic) bond motifs is 1. The summed E-state index contributed by atoms with van der Waals surface area (Å²) in [6.45, 7) is 5.97. The molecule has 0 radical (unpaired) electrons. The molecule has 2 aromatic carbocycles. The molecule has 3 N–H and O–H groups in total. The van der Waals surface area contributed by atoms with Gasteiger partial charge in [-0.05, 0) is 90.0 Å². The number of rotatable bonds is 8. The lowest BCUT2D eigenvalue weighted by atomic mass is 9.99. The zero-order chi connectivity index (χ0) is 31.8. The lowest BCUT2D eigenvalue weighted by molar-refractivity contribution is 0.0643. The van der Waals surface area contributed by atoms with E-state index in [1.807, 2.05) is 41.3 Å². The summed E-state index contributed by atoms with van der Waals surface area (Å²) in [7, 11) is 0. The van der Waals surface area contributed by atoms with E-state index in [1.165, 1.54) is 12.1 Å². The molecule has 2 aliphatic rings. The molecule has 9 nitrogen and oxygen atoms in total. The van der Waals surface area contributed by atoms with E-state index in [0.717, 1.165) is 73.3 Å². The zero-order valence-corrected chi connectivity index (χ0v) is 25.6. The minimum absolute atomic E-state index is 0.0398. The number of hydrogen-bond donors (Lipinski definition) is 3. The lowest BCUT2D eigenvalue weighted by Crippen LogP contribution is -2.48. The van der Waals surface area contributed by atoms with Gasteiger partial charge in [-0.25, -0.2) is 14.4 Å². The van der Waals surface area contributed by atoms with Gasteiger partial charge in [0.2, 0.25) is 0 Å². The molecule has 0 unspecified atom stereocenters. The Morgan fingerprint density at radius 3 is 2.39 bits per heavy atom. The summed E-state index contributed by atoms with van der Waals surface area (Å²) in [4.78, 5) is 42.6. The van der Waals surface area contributed by atoms with Crippen LogP contribution in [0.5, 0.6) is 0 Å². The van der Waals surface area contributed by atoms with Crippen molar-refractivity contribution in [3.63, 3.8) is 0 Å². The number of hydrogen-bond acceptors (Lipinski definition) is 6. The molecule has 1 aliphatic heterocycles. The SMILES string of the molecule is CCN1CCN(C(=O)c2ccc(-c3cc4c(-c5ccnc(NC(=O)c6ccc(C7CC7)cc6F)c5CO)ccnc4[nH]3)cc2)CC1. The molecule has 4 heterocycles. The van der Waals surface area contributed by atoms with Gasteiger partial charge in [0.15, 0.2) is 0 Å². The first-order valence-corrected chi connectivity index (χ1v) is 15.7. The summed E-state index contributed by atoms with van der Waals surface area (Å²) < 4.78 is 14.8. The van der Waals surface area contributed by atoms with Crippen molar-refractivity contribution < 1.29 is 19.1 Å². The number of anilines is 1. The molecule has 1 saturated heterocycles. The Morgan fingerprint density at radius 2 is 1.70 bits per heavy atom. The van der Waals surface area contributed by atoms with E-state index in [2.05, 4.69) is 32.1 Å². The first-order chi connectivity index (χ1) is 22.4. The fourth-order valence-electron chi connectivity index (χ4n) is 6.23. The number of aromatic nitrogens is 3. The molecule has 2 fully saturated rings. The standard InChI is InChI=1S/C36H35FN6O3/c1-2-42-15-17-43(18-16-42)36(46)24-7-5-23(6-8-24)32-20-29-26(11-13-38-33(29)40-32)27-12-14-39-34(30(27)21-44)41-35(45)28-10-9-25(19-31(28)37)22-3-4-22/h5-14,19-20,22,44H,2-4,15-18,21H2,1H3,(H,38,40)(H,39,41,45). The van der Waals surface area contributed by atoms with Crippen molar-refractivity contribution in [2.45, 2.75) is 32.3 Å². The largest absolute Gasteiger partial charge is 0.392 e. The summed E-state index contributed by atoms with van der Waals surface area (Å²) in [6, 6.07) is 17.9. The normalized spacial score (nSPS) is 15.3. The second-order valence-electron chi connectivity index (χ2n) is 11.9. The Labute approximate surface area is 266 Å². The van der Waals surface area contributed by atoms with Gasteiger partial charge in [0, 0.05) is 60.8 Å². The lowest BCUT2D eigenvalue weighted by Gasteiger charge is -2.34. The van der Waals surface area contributed by atoms with Crippen LogP contribution in [0.15, 0.2) is 73.1 Å². The molecule has 46 heavy (non-hydrogen) atoms. The number of likely N-dealkylation sites (N-methyl/N-ethyl adjacent to an activating group) is 1. The van der Waals surface area contributed by atoms with Crippen LogP contribution in [-0.2, 0) is 6.61 Å². The van der Waals surface area contributed by atoms with Crippen molar-refractivity contribution in [1.29, 1.82) is 0 Å². The van der Waals surface area contributed by atoms with Crippen LogP contribution in [0.25, 0.3) is 33.4 Å². The predicted molar refractivity (Wildman–Crippen MR) is 175 cm³/mol. The van der Waals surface area contributed by atoms with Gasteiger partial charge in [-0.2, -0.15) is 0 Å². The number of aliphatic hydroxyl groups is 1. The number of nitrogens with zero attached hydrogens (tertiary/aromatic N) is 4. The first-order valence-electron chi connectivity index (χ1n) is 15.7. The van der Waals surface area contributed by atoms with Crippen LogP contribution in [0.1, 0.15) is 57.5 Å². The van der Waals surface area contributed by atoms with E-state index in [-0.39, 0.29) is 17.3 Å². The quantitative estimate of drug-likeness (QED) is 0.202. The number of nitrogens with one attached hydrogen (secondary N) is 2. The number of halogens is 1. The van der Waals surface area contributed by atoms with Crippen molar-refractivity contribution in [3.8, 4) is 22.4 Å². The average Bonchev–Trinajstić information content (AvgIpc) is 3.85. The average molecular weight is 619 g/mol. The van der Waals surface area contributed by atoms with Crippen LogP contribution >= 0.6 is 0 Å². The molecule has 0 spiro atoms. The van der Waals surface area contributed by atoms with Crippen LogP contribution in [0.3, 0.4) is 0 Å². The highest BCUT2D eigenvalue weighted by Crippen LogP contribution is 2.40. The molecule has 1 aliphatic carbocycles.